The molecule has 0 bridgehead atoms. The van der Waals surface area contributed by atoms with Crippen molar-refractivity contribution in [3.63, 3.8) is 0 Å². The Bertz CT molecular complexity index is 203. The molecule has 0 atom stereocenters. The molecule has 0 fully saturated rings. The molecule has 0 aromatic rings. The summed E-state index contributed by atoms with van der Waals surface area (Å²) in [6.45, 7) is 0. The first-order valence-electron chi connectivity index (χ1n) is 2.12. The Balaban J connectivity index is 4.82. The maximum Gasteiger partial charge on any atom is 0.446 e. The number of carboxylic acid groups (broad SMARTS) is 1. The quantitative estimate of drug-likeness (QED) is 0.488. The van der Waals surface area contributed by atoms with Crippen molar-refractivity contribution in [2.75, 3.05) is 0 Å². The van der Waals surface area contributed by atoms with Gasteiger partial charge in [-0.05, 0) is 0 Å². The fraction of sp³-hybridized carbons (Fsp3) is 0.250. The van der Waals surface area contributed by atoms with Gasteiger partial charge in [-0.3, -0.25) is 0 Å². The molecule has 0 saturated heterocycles. The zero-order valence-corrected chi connectivity index (χ0v) is 4.75. The molecule has 1 N–H and O–H groups in total. The molecule has 0 aromatic heterocycles. The lowest BCUT2D eigenvalue weighted by Crippen LogP contribution is -2.12. The first kappa shape index (κ1) is 9.86. The molecule has 0 radical (unpaired) electrons. The summed E-state index contributed by atoms with van der Waals surface area (Å²) in [5, 5.41) is 7.54. The number of aliphatic carboxylic acids is 1. The molecule has 11 heavy (non-hydrogen) atoms. The molecule has 0 rings (SSSR count). The van der Waals surface area contributed by atoms with Gasteiger partial charge in [0, 0.05) is 0 Å². The van der Waals surface area contributed by atoms with Gasteiger partial charge in [-0.15, -0.1) is 0 Å². The van der Waals surface area contributed by atoms with E-state index in [0.29, 0.717) is 0 Å². The zero-order valence-electron chi connectivity index (χ0n) is 4.75. The van der Waals surface area contributed by atoms with E-state index in [-0.39, 0.29) is 0 Å². The molecular formula is C4HF5O2. The first-order chi connectivity index (χ1) is 4.76. The van der Waals surface area contributed by atoms with Gasteiger partial charge in [0.1, 0.15) is 0 Å². The predicted molar refractivity (Wildman–Crippen MR) is 22.9 cm³/mol. The fourth-order valence-electron chi connectivity index (χ4n) is 0.218. The van der Waals surface area contributed by atoms with Crippen LogP contribution in [-0.2, 0) is 4.79 Å². The number of alkyl halides is 3. The van der Waals surface area contributed by atoms with E-state index in [0.717, 1.165) is 0 Å². The normalized spacial score (nSPS) is 14.3. The summed E-state index contributed by atoms with van der Waals surface area (Å²) in [5.74, 6) is -8.65. The summed E-state index contributed by atoms with van der Waals surface area (Å²) in [6, 6.07) is 0. The number of hydrogen-bond donors (Lipinski definition) is 1. The van der Waals surface area contributed by atoms with Crippen LogP contribution in [0.1, 0.15) is 0 Å². The summed E-state index contributed by atoms with van der Waals surface area (Å²) in [6.07, 6.45) is -5.58. The van der Waals surface area contributed by atoms with Crippen molar-refractivity contribution < 1.29 is 31.9 Å². The number of carboxylic acids is 1. The van der Waals surface area contributed by atoms with Crippen molar-refractivity contribution in [2.24, 2.45) is 0 Å². The summed E-state index contributed by atoms with van der Waals surface area (Å²) in [7, 11) is 0. The Hall–Kier alpha value is -1.14. The Morgan fingerprint density at radius 1 is 1.18 bits per heavy atom. The Kier molecular flexibility index (Phi) is 2.55. The molecule has 0 spiro atoms. The van der Waals surface area contributed by atoms with Gasteiger partial charge in [-0.2, -0.15) is 22.0 Å². The second-order valence-corrected chi connectivity index (χ2v) is 1.43. The SMILES string of the molecule is O=C(O)/C(F)=C(/F)C(F)(F)F. The van der Waals surface area contributed by atoms with Crippen molar-refractivity contribution in [3.05, 3.63) is 11.7 Å². The van der Waals surface area contributed by atoms with E-state index in [4.69, 9.17) is 5.11 Å². The van der Waals surface area contributed by atoms with Gasteiger partial charge in [-0.25, -0.2) is 4.79 Å². The Labute approximate surface area is 56.9 Å². The monoisotopic (exact) mass is 176 g/mol. The minimum absolute atomic E-state index is 2.58. The van der Waals surface area contributed by atoms with E-state index in [1.165, 1.54) is 0 Å². The number of rotatable bonds is 1. The molecule has 0 aliphatic heterocycles. The van der Waals surface area contributed by atoms with Gasteiger partial charge in [-0.1, -0.05) is 0 Å². The van der Waals surface area contributed by atoms with E-state index in [2.05, 4.69) is 0 Å². The van der Waals surface area contributed by atoms with E-state index in [1.54, 1.807) is 0 Å². The Morgan fingerprint density at radius 2 is 1.55 bits per heavy atom. The average Bonchev–Trinajstić information content (AvgIpc) is 1.82. The van der Waals surface area contributed by atoms with Crippen LogP contribution in [0.25, 0.3) is 0 Å². The second kappa shape index (κ2) is 2.85. The third kappa shape index (κ3) is 2.52. The van der Waals surface area contributed by atoms with E-state index >= 15 is 0 Å². The predicted octanol–water partition coefficient (Wildman–Crippen LogP) is 1.78. The van der Waals surface area contributed by atoms with Gasteiger partial charge in [0.05, 0.1) is 0 Å². The van der Waals surface area contributed by atoms with Crippen LogP contribution in [0, 0.1) is 0 Å². The molecule has 0 aromatic carbocycles. The number of hydrogen-bond acceptors (Lipinski definition) is 1. The maximum absolute atomic E-state index is 11.6. The van der Waals surface area contributed by atoms with E-state index in [9.17, 15) is 26.7 Å². The highest BCUT2D eigenvalue weighted by molar-refractivity contribution is 5.84. The lowest BCUT2D eigenvalue weighted by molar-refractivity contribution is -0.138. The molecule has 7 heteroatoms. The van der Waals surface area contributed by atoms with Crippen molar-refractivity contribution in [1.82, 2.24) is 0 Å². The molecule has 0 aliphatic carbocycles. The summed E-state index contributed by atoms with van der Waals surface area (Å²) < 4.78 is 56.5. The maximum atomic E-state index is 11.6. The summed E-state index contributed by atoms with van der Waals surface area (Å²) in [4.78, 5) is 9.41. The standard InChI is InChI=1S/C4HF5O2/c5-1(3(10)11)2(6)4(7,8)9/h(H,10,11)/b2-1-. The highest BCUT2D eigenvalue weighted by atomic mass is 19.4. The number of carbonyl (C=O) groups is 1. The largest absolute Gasteiger partial charge is 0.476 e. The van der Waals surface area contributed by atoms with Crippen LogP contribution >= 0.6 is 0 Å². The van der Waals surface area contributed by atoms with Crippen molar-refractivity contribution in [3.8, 4) is 0 Å². The fourth-order valence-corrected chi connectivity index (χ4v) is 0.218. The van der Waals surface area contributed by atoms with Crippen LogP contribution in [0.4, 0.5) is 22.0 Å². The van der Waals surface area contributed by atoms with Crippen LogP contribution in [-0.4, -0.2) is 17.3 Å². The Morgan fingerprint density at radius 3 is 1.64 bits per heavy atom. The number of halogens is 5. The molecule has 2 nitrogen and oxygen atoms in total. The minimum atomic E-state index is -5.58. The molecule has 0 aliphatic rings. The molecule has 0 heterocycles. The molecule has 0 unspecified atom stereocenters. The summed E-state index contributed by atoms with van der Waals surface area (Å²) >= 11 is 0. The van der Waals surface area contributed by atoms with Gasteiger partial charge in [0.2, 0.25) is 11.7 Å². The topological polar surface area (TPSA) is 37.3 Å². The third-order valence-corrected chi connectivity index (χ3v) is 0.629. The average molecular weight is 176 g/mol. The lowest BCUT2D eigenvalue weighted by atomic mass is 10.4. The van der Waals surface area contributed by atoms with Crippen LogP contribution in [0.3, 0.4) is 0 Å². The van der Waals surface area contributed by atoms with Crippen molar-refractivity contribution in [2.45, 2.75) is 6.18 Å². The smallest absolute Gasteiger partial charge is 0.446 e. The van der Waals surface area contributed by atoms with Crippen molar-refractivity contribution in [1.29, 1.82) is 0 Å². The lowest BCUT2D eigenvalue weighted by Gasteiger charge is -2.01. The van der Waals surface area contributed by atoms with Crippen LogP contribution in [0.15, 0.2) is 11.7 Å². The molecule has 0 amide bonds. The summed E-state index contributed by atoms with van der Waals surface area (Å²) in [5.41, 5.74) is 0. The minimum Gasteiger partial charge on any atom is -0.476 e. The van der Waals surface area contributed by atoms with Crippen molar-refractivity contribution >= 4 is 5.97 Å². The first-order valence-corrected chi connectivity index (χ1v) is 2.12. The van der Waals surface area contributed by atoms with Gasteiger partial charge >= 0.3 is 12.1 Å². The molecule has 0 saturated carbocycles. The van der Waals surface area contributed by atoms with Gasteiger partial charge < -0.3 is 5.11 Å². The van der Waals surface area contributed by atoms with Gasteiger partial charge in [0.25, 0.3) is 0 Å². The van der Waals surface area contributed by atoms with Gasteiger partial charge in [0.15, 0.2) is 0 Å². The third-order valence-electron chi connectivity index (χ3n) is 0.629. The molecular weight excluding hydrogens is 175 g/mol. The second-order valence-electron chi connectivity index (χ2n) is 1.43. The van der Waals surface area contributed by atoms with E-state index < -0.39 is 23.8 Å². The van der Waals surface area contributed by atoms with Crippen LogP contribution < -0.4 is 0 Å². The van der Waals surface area contributed by atoms with Crippen LogP contribution in [0.5, 0.6) is 0 Å². The number of allylic oxidation sites excluding steroid dienone is 1. The molecule has 64 valence electrons. The van der Waals surface area contributed by atoms with E-state index in [1.807, 2.05) is 0 Å². The van der Waals surface area contributed by atoms with Crippen LogP contribution in [0.2, 0.25) is 0 Å². The zero-order chi connectivity index (χ0) is 9.23. The highest BCUT2D eigenvalue weighted by Gasteiger charge is 2.40. The highest BCUT2D eigenvalue weighted by Crippen LogP contribution is 2.29.